The number of methoxy groups -OCH3 is 1. The van der Waals surface area contributed by atoms with E-state index in [0.29, 0.717) is 26.1 Å². The molecular formula is C23H27ClF2N4O6. The number of nitrogens with zero attached hydrogens (tertiary/aromatic N) is 4. The molecule has 0 bridgehead atoms. The van der Waals surface area contributed by atoms with E-state index in [2.05, 4.69) is 15.5 Å². The van der Waals surface area contributed by atoms with Gasteiger partial charge >= 0.3 is 0 Å². The van der Waals surface area contributed by atoms with Gasteiger partial charge in [-0.05, 0) is 12.1 Å². The van der Waals surface area contributed by atoms with Crippen molar-refractivity contribution in [2.24, 2.45) is 5.16 Å². The van der Waals surface area contributed by atoms with Crippen molar-refractivity contribution in [2.45, 2.75) is 61.7 Å². The number of oxime groups is 1. The number of aliphatic hydroxyl groups excluding tert-OH is 2. The molecule has 36 heavy (non-hydrogen) atoms. The van der Waals surface area contributed by atoms with E-state index in [4.69, 9.17) is 30.6 Å². The first-order chi connectivity index (χ1) is 17.4. The first-order valence-electron chi connectivity index (χ1n) is 11.7. The van der Waals surface area contributed by atoms with Crippen LogP contribution in [0.4, 0.5) is 8.78 Å². The second-order valence-electron chi connectivity index (χ2n) is 9.31. The maximum Gasteiger partial charge on any atom is 0.178 e. The van der Waals surface area contributed by atoms with E-state index in [9.17, 15) is 19.0 Å². The number of rotatable bonds is 6. The Morgan fingerprint density at radius 3 is 2.72 bits per heavy atom. The molecule has 1 aromatic carbocycles. The van der Waals surface area contributed by atoms with Gasteiger partial charge in [-0.25, -0.2) is 13.5 Å². The zero-order chi connectivity index (χ0) is 25.4. The van der Waals surface area contributed by atoms with Crippen LogP contribution in [-0.4, -0.2) is 87.9 Å². The molecule has 1 aromatic heterocycles. The lowest BCUT2D eigenvalue weighted by Crippen LogP contribution is -2.57. The monoisotopic (exact) mass is 528 g/mol. The first kappa shape index (κ1) is 25.4. The molecule has 3 aliphatic rings. The molecule has 196 valence electrons. The van der Waals surface area contributed by atoms with Crippen molar-refractivity contribution in [2.75, 3.05) is 26.9 Å². The zero-order valence-electron chi connectivity index (χ0n) is 19.5. The van der Waals surface area contributed by atoms with Crippen LogP contribution >= 0.6 is 11.6 Å². The molecule has 0 unspecified atom stereocenters. The van der Waals surface area contributed by atoms with E-state index in [1.54, 1.807) is 0 Å². The Morgan fingerprint density at radius 1 is 1.22 bits per heavy atom. The van der Waals surface area contributed by atoms with E-state index >= 15 is 0 Å². The van der Waals surface area contributed by atoms with Gasteiger partial charge < -0.3 is 29.3 Å². The van der Waals surface area contributed by atoms with Crippen LogP contribution in [0.5, 0.6) is 0 Å². The van der Waals surface area contributed by atoms with Gasteiger partial charge in [0.15, 0.2) is 11.6 Å². The van der Waals surface area contributed by atoms with Gasteiger partial charge in [-0.15, -0.1) is 5.10 Å². The lowest BCUT2D eigenvalue weighted by atomic mass is 9.85. The summed E-state index contributed by atoms with van der Waals surface area (Å²) in [5.41, 5.74) is 0.324. The van der Waals surface area contributed by atoms with Gasteiger partial charge in [0.1, 0.15) is 35.6 Å². The largest absolute Gasteiger partial charge is 0.394 e. The maximum atomic E-state index is 14.5. The number of ether oxygens (including phenoxy) is 3. The smallest absolute Gasteiger partial charge is 0.178 e. The molecule has 1 spiro atoms. The van der Waals surface area contributed by atoms with Gasteiger partial charge in [0.05, 0.1) is 42.9 Å². The second kappa shape index (κ2) is 10.3. The molecule has 4 heterocycles. The van der Waals surface area contributed by atoms with Crippen molar-refractivity contribution < 1.29 is 38.0 Å². The summed E-state index contributed by atoms with van der Waals surface area (Å²) in [5.74, 6) is -2.34. The Labute approximate surface area is 210 Å². The molecule has 2 fully saturated rings. The van der Waals surface area contributed by atoms with Gasteiger partial charge in [0, 0.05) is 38.4 Å². The topological polar surface area (TPSA) is 120 Å². The third-order valence-corrected chi connectivity index (χ3v) is 7.39. The molecule has 3 aliphatic heterocycles. The van der Waals surface area contributed by atoms with E-state index in [1.807, 2.05) is 0 Å². The summed E-state index contributed by atoms with van der Waals surface area (Å²) in [6, 6.07) is 1.68. The normalized spacial score (nSPS) is 29.8. The predicted octanol–water partition coefficient (Wildman–Crippen LogP) is 2.27. The fourth-order valence-corrected chi connectivity index (χ4v) is 5.30. The minimum absolute atomic E-state index is 0.0451. The van der Waals surface area contributed by atoms with Gasteiger partial charge in [-0.1, -0.05) is 22.0 Å². The molecule has 5 atom stereocenters. The fourth-order valence-electron chi connectivity index (χ4n) is 5.15. The van der Waals surface area contributed by atoms with Crippen molar-refractivity contribution >= 4 is 17.3 Å². The molecule has 13 heteroatoms. The standard InChI is InChI=1S/C23H27ClF2N4O6/c1-33-22-16(8-12-9-23(36-28-12)4-6-34-7-5-23)35-17(11-31)21(32)20(22)30-10-15(27-29-30)13-2-3-14(24)19(26)18(13)25/h2-3,10,16-17,20-22,31-32H,4-9,11H2,1H3/t16-,17-,20+,21+,22+/m1/s1. The predicted molar refractivity (Wildman–Crippen MR) is 123 cm³/mol. The average Bonchev–Trinajstić information content (AvgIpc) is 3.51. The van der Waals surface area contributed by atoms with Crippen LogP contribution in [0.15, 0.2) is 23.5 Å². The van der Waals surface area contributed by atoms with Crippen LogP contribution in [0.2, 0.25) is 5.02 Å². The Morgan fingerprint density at radius 2 is 2.00 bits per heavy atom. The highest BCUT2D eigenvalue weighted by Gasteiger charge is 2.49. The van der Waals surface area contributed by atoms with E-state index < -0.39 is 48.7 Å². The summed E-state index contributed by atoms with van der Waals surface area (Å²) in [6.45, 7) is 0.765. The highest BCUT2D eigenvalue weighted by Crippen LogP contribution is 2.38. The van der Waals surface area contributed by atoms with Crippen LogP contribution in [-0.2, 0) is 19.0 Å². The zero-order valence-corrected chi connectivity index (χ0v) is 20.3. The Kier molecular flexibility index (Phi) is 7.25. The van der Waals surface area contributed by atoms with Gasteiger partial charge in [-0.2, -0.15) is 0 Å². The molecular weight excluding hydrogens is 502 g/mol. The van der Waals surface area contributed by atoms with Crippen molar-refractivity contribution in [1.29, 1.82) is 0 Å². The molecule has 0 saturated carbocycles. The summed E-state index contributed by atoms with van der Waals surface area (Å²) >= 11 is 5.65. The maximum absolute atomic E-state index is 14.5. The first-order valence-corrected chi connectivity index (χ1v) is 12.1. The van der Waals surface area contributed by atoms with Crippen LogP contribution < -0.4 is 0 Å². The minimum atomic E-state index is -1.22. The van der Waals surface area contributed by atoms with E-state index in [0.717, 1.165) is 18.6 Å². The van der Waals surface area contributed by atoms with Crippen molar-refractivity contribution in [1.82, 2.24) is 15.0 Å². The average molecular weight is 529 g/mol. The molecule has 2 aromatic rings. The molecule has 2 saturated heterocycles. The van der Waals surface area contributed by atoms with Crippen molar-refractivity contribution in [3.05, 3.63) is 35.0 Å². The number of aromatic nitrogens is 3. The molecule has 0 radical (unpaired) electrons. The van der Waals surface area contributed by atoms with Crippen LogP contribution in [0.3, 0.4) is 0 Å². The summed E-state index contributed by atoms with van der Waals surface area (Å²) in [6.07, 6.45) is 0.346. The highest BCUT2D eigenvalue weighted by molar-refractivity contribution is 6.30. The summed E-state index contributed by atoms with van der Waals surface area (Å²) in [7, 11) is 1.47. The summed E-state index contributed by atoms with van der Waals surface area (Å²) in [4.78, 5) is 5.78. The van der Waals surface area contributed by atoms with Gasteiger partial charge in [0.25, 0.3) is 0 Å². The van der Waals surface area contributed by atoms with Crippen molar-refractivity contribution in [3.63, 3.8) is 0 Å². The number of hydrogen-bond acceptors (Lipinski definition) is 9. The number of hydrogen-bond donors (Lipinski definition) is 2. The van der Waals surface area contributed by atoms with Crippen LogP contribution in [0.25, 0.3) is 11.3 Å². The molecule has 2 N–H and O–H groups in total. The molecule has 5 rings (SSSR count). The Balaban J connectivity index is 1.40. The third-order valence-electron chi connectivity index (χ3n) is 7.10. The SMILES string of the molecule is CO[C@@H]1[C@@H](n2cc(-c3ccc(Cl)c(F)c3F)nn2)[C@@H](O)[C@@H](CO)O[C@@H]1CC1=NOC2(CCOCC2)C1. The van der Waals surface area contributed by atoms with Gasteiger partial charge in [-0.3, -0.25) is 0 Å². The third kappa shape index (κ3) is 4.61. The number of halogens is 3. The highest BCUT2D eigenvalue weighted by atomic mass is 35.5. The lowest BCUT2D eigenvalue weighted by molar-refractivity contribution is -0.210. The quantitative estimate of drug-likeness (QED) is 0.548. The summed E-state index contributed by atoms with van der Waals surface area (Å²) in [5, 5.41) is 32.9. The minimum Gasteiger partial charge on any atom is -0.394 e. The van der Waals surface area contributed by atoms with Crippen LogP contribution in [0, 0.1) is 11.6 Å². The Hall–Kier alpha value is -2.22. The molecule has 0 amide bonds. The molecule has 10 nitrogen and oxygen atoms in total. The van der Waals surface area contributed by atoms with Crippen molar-refractivity contribution in [3.8, 4) is 11.3 Å². The second-order valence-corrected chi connectivity index (χ2v) is 9.72. The van der Waals surface area contributed by atoms with Crippen LogP contribution in [0.1, 0.15) is 31.7 Å². The lowest BCUT2D eigenvalue weighted by Gasteiger charge is -2.43. The summed E-state index contributed by atoms with van der Waals surface area (Å²) < 4.78 is 47.0. The molecule has 0 aliphatic carbocycles. The number of benzene rings is 1. The van der Waals surface area contributed by atoms with E-state index in [1.165, 1.54) is 30.1 Å². The Bertz CT molecular complexity index is 1130. The fraction of sp³-hybridized carbons (Fsp3) is 0.609. The number of aliphatic hydroxyl groups is 2. The van der Waals surface area contributed by atoms with Gasteiger partial charge in [0.2, 0.25) is 0 Å². The van der Waals surface area contributed by atoms with E-state index in [-0.39, 0.29) is 21.9 Å².